The van der Waals surface area contributed by atoms with Gasteiger partial charge in [-0.25, -0.2) is 4.99 Å². The summed E-state index contributed by atoms with van der Waals surface area (Å²) in [6, 6.07) is 0. The molecule has 1 heterocycles. The van der Waals surface area contributed by atoms with E-state index in [0.29, 0.717) is 12.0 Å². The van der Waals surface area contributed by atoms with Crippen LogP contribution in [0.25, 0.3) is 0 Å². The first-order valence-electron chi connectivity index (χ1n) is 9.54. The minimum Gasteiger partial charge on any atom is -0.385 e. The molecule has 2 N–H and O–H groups in total. The first-order valence-corrected chi connectivity index (χ1v) is 9.54. The van der Waals surface area contributed by atoms with Crippen molar-refractivity contribution in [2.75, 3.05) is 40.0 Å². The monoisotopic (exact) mass is 366 g/mol. The van der Waals surface area contributed by atoms with Crippen LogP contribution in [0.15, 0.2) is 4.99 Å². The predicted octanol–water partition coefficient (Wildman–Crippen LogP) is 1.40. The summed E-state index contributed by atoms with van der Waals surface area (Å²) >= 11 is 0. The molecule has 0 amide bonds. The average Bonchev–Trinajstić information content (AvgIpc) is 3.35. The molecular weight excluding hydrogens is 332 g/mol. The molecule has 148 valence electrons. The highest BCUT2D eigenvalue weighted by Gasteiger charge is 2.41. The molecule has 8 nitrogen and oxygen atoms in total. The molecule has 1 aliphatic carbocycles. The Balaban J connectivity index is 1.88. The Morgan fingerprint density at radius 1 is 1.27 bits per heavy atom. The number of aryl methyl sites for hydroxylation is 1. The van der Waals surface area contributed by atoms with Crippen LogP contribution < -0.4 is 10.6 Å². The number of nitrogens with zero attached hydrogens (tertiary/aromatic N) is 4. The van der Waals surface area contributed by atoms with Crippen LogP contribution in [0, 0.1) is 12.3 Å². The van der Waals surface area contributed by atoms with Gasteiger partial charge in [-0.1, -0.05) is 0 Å². The molecule has 0 radical (unpaired) electrons. The van der Waals surface area contributed by atoms with E-state index in [-0.39, 0.29) is 0 Å². The van der Waals surface area contributed by atoms with Crippen molar-refractivity contribution < 1.29 is 9.47 Å². The standard InChI is InChI=1S/C18H34N6O2/c1-5-26-11-6-10-19-17(20-13-16-23-22-15(2)24(16)3)21-14-18(7-8-18)9-12-25-4/h5-14H2,1-4H3,(H2,19,20,21). The zero-order valence-corrected chi connectivity index (χ0v) is 16.7. The van der Waals surface area contributed by atoms with E-state index in [0.717, 1.165) is 63.4 Å². The van der Waals surface area contributed by atoms with Crippen molar-refractivity contribution >= 4 is 5.96 Å². The lowest BCUT2D eigenvalue weighted by Gasteiger charge is -2.18. The lowest BCUT2D eigenvalue weighted by molar-refractivity contribution is 0.145. The third-order valence-electron chi connectivity index (χ3n) is 4.95. The molecule has 0 bridgehead atoms. The Morgan fingerprint density at radius 2 is 2.08 bits per heavy atom. The number of ether oxygens (including phenoxy) is 2. The molecule has 0 aromatic carbocycles. The van der Waals surface area contributed by atoms with Gasteiger partial charge in [0.2, 0.25) is 0 Å². The van der Waals surface area contributed by atoms with Gasteiger partial charge in [-0.3, -0.25) is 0 Å². The van der Waals surface area contributed by atoms with Crippen molar-refractivity contribution in [3.05, 3.63) is 11.6 Å². The van der Waals surface area contributed by atoms with E-state index in [4.69, 9.17) is 14.5 Å². The van der Waals surface area contributed by atoms with Crippen LogP contribution in [0.4, 0.5) is 0 Å². The molecule has 0 aliphatic heterocycles. The third kappa shape index (κ3) is 6.57. The number of methoxy groups -OCH3 is 1. The van der Waals surface area contributed by atoms with Crippen LogP contribution in [0.1, 0.15) is 44.3 Å². The summed E-state index contributed by atoms with van der Waals surface area (Å²) in [5, 5.41) is 15.2. The van der Waals surface area contributed by atoms with Crippen molar-refractivity contribution in [2.45, 2.75) is 46.1 Å². The number of hydrogen-bond acceptors (Lipinski definition) is 5. The number of hydrogen-bond donors (Lipinski definition) is 2. The highest BCUT2D eigenvalue weighted by Crippen LogP contribution is 2.48. The largest absolute Gasteiger partial charge is 0.385 e. The van der Waals surface area contributed by atoms with E-state index < -0.39 is 0 Å². The maximum Gasteiger partial charge on any atom is 0.191 e. The summed E-state index contributed by atoms with van der Waals surface area (Å²) in [6.07, 6.45) is 4.55. The first kappa shape index (κ1) is 20.6. The van der Waals surface area contributed by atoms with Crippen molar-refractivity contribution in [1.29, 1.82) is 0 Å². The van der Waals surface area contributed by atoms with Gasteiger partial charge in [-0.2, -0.15) is 0 Å². The molecule has 1 aromatic rings. The normalized spacial score (nSPS) is 15.9. The molecule has 0 saturated heterocycles. The molecule has 0 unspecified atom stereocenters. The lowest BCUT2D eigenvalue weighted by Crippen LogP contribution is -2.41. The van der Waals surface area contributed by atoms with Gasteiger partial charge in [0.1, 0.15) is 12.4 Å². The van der Waals surface area contributed by atoms with E-state index in [1.807, 2.05) is 25.5 Å². The Morgan fingerprint density at radius 3 is 2.69 bits per heavy atom. The van der Waals surface area contributed by atoms with Gasteiger partial charge >= 0.3 is 0 Å². The maximum absolute atomic E-state index is 5.40. The molecule has 2 rings (SSSR count). The Bertz CT molecular complexity index is 568. The molecule has 26 heavy (non-hydrogen) atoms. The fraction of sp³-hybridized carbons (Fsp3) is 0.833. The molecule has 1 saturated carbocycles. The maximum atomic E-state index is 5.40. The van der Waals surface area contributed by atoms with Crippen molar-refractivity contribution in [2.24, 2.45) is 17.5 Å². The molecule has 0 atom stereocenters. The minimum absolute atomic E-state index is 0.366. The van der Waals surface area contributed by atoms with Crippen molar-refractivity contribution in [1.82, 2.24) is 25.4 Å². The van der Waals surface area contributed by atoms with Crippen LogP contribution in [0.2, 0.25) is 0 Å². The predicted molar refractivity (Wildman–Crippen MR) is 102 cm³/mol. The number of aromatic nitrogens is 3. The first-order chi connectivity index (χ1) is 12.6. The Kier molecular flexibility index (Phi) is 8.31. The number of aliphatic imine (C=N–C) groups is 1. The van der Waals surface area contributed by atoms with E-state index in [9.17, 15) is 0 Å². The Hall–Kier alpha value is -1.67. The lowest BCUT2D eigenvalue weighted by atomic mass is 10.0. The zero-order valence-electron chi connectivity index (χ0n) is 16.7. The summed E-state index contributed by atoms with van der Waals surface area (Å²) in [4.78, 5) is 4.70. The van der Waals surface area contributed by atoms with Crippen LogP contribution in [-0.2, 0) is 23.1 Å². The molecule has 1 fully saturated rings. The second-order valence-corrected chi connectivity index (χ2v) is 6.96. The van der Waals surface area contributed by atoms with Crippen molar-refractivity contribution in [3.63, 3.8) is 0 Å². The van der Waals surface area contributed by atoms with Gasteiger partial charge in [-0.05, 0) is 44.9 Å². The van der Waals surface area contributed by atoms with E-state index in [2.05, 4.69) is 20.8 Å². The molecule has 1 aromatic heterocycles. The topological polar surface area (TPSA) is 85.6 Å². The average molecular weight is 367 g/mol. The summed E-state index contributed by atoms with van der Waals surface area (Å²) in [5.41, 5.74) is 0.366. The molecular formula is C18H34N6O2. The van der Waals surface area contributed by atoms with Gasteiger partial charge in [-0.15, -0.1) is 10.2 Å². The van der Waals surface area contributed by atoms with Gasteiger partial charge in [0.15, 0.2) is 11.8 Å². The second-order valence-electron chi connectivity index (χ2n) is 6.96. The van der Waals surface area contributed by atoms with Crippen LogP contribution in [0.3, 0.4) is 0 Å². The van der Waals surface area contributed by atoms with Crippen LogP contribution in [0.5, 0.6) is 0 Å². The SMILES string of the molecule is CCOCCCNC(=NCc1nnc(C)n1C)NCC1(CCOC)CC1. The number of guanidine groups is 1. The highest BCUT2D eigenvalue weighted by molar-refractivity contribution is 5.79. The zero-order chi connectivity index (χ0) is 18.8. The van der Waals surface area contributed by atoms with Gasteiger partial charge in [0, 0.05) is 47.1 Å². The smallest absolute Gasteiger partial charge is 0.191 e. The van der Waals surface area contributed by atoms with Crippen LogP contribution >= 0.6 is 0 Å². The fourth-order valence-corrected chi connectivity index (χ4v) is 2.72. The summed E-state index contributed by atoms with van der Waals surface area (Å²) in [5.74, 6) is 2.58. The minimum atomic E-state index is 0.366. The quantitative estimate of drug-likeness (QED) is 0.330. The third-order valence-corrected chi connectivity index (χ3v) is 4.95. The van der Waals surface area contributed by atoms with Gasteiger partial charge in [0.25, 0.3) is 0 Å². The second kappa shape index (κ2) is 10.5. The molecule has 0 spiro atoms. The summed E-state index contributed by atoms with van der Waals surface area (Å²) in [6.45, 7) is 8.54. The van der Waals surface area contributed by atoms with Gasteiger partial charge in [0.05, 0.1) is 0 Å². The molecule has 1 aliphatic rings. The van der Waals surface area contributed by atoms with E-state index in [1.165, 1.54) is 12.8 Å². The Labute approximate surface area is 156 Å². The van der Waals surface area contributed by atoms with Crippen LogP contribution in [-0.4, -0.2) is 60.7 Å². The fourth-order valence-electron chi connectivity index (χ4n) is 2.72. The molecule has 8 heteroatoms. The van der Waals surface area contributed by atoms with E-state index in [1.54, 1.807) is 7.11 Å². The van der Waals surface area contributed by atoms with Crippen molar-refractivity contribution in [3.8, 4) is 0 Å². The highest BCUT2D eigenvalue weighted by atomic mass is 16.5. The van der Waals surface area contributed by atoms with Gasteiger partial charge < -0.3 is 24.7 Å². The summed E-state index contributed by atoms with van der Waals surface area (Å²) in [7, 11) is 3.73. The number of nitrogens with one attached hydrogen (secondary N) is 2. The summed E-state index contributed by atoms with van der Waals surface area (Å²) < 4.78 is 12.6. The number of rotatable bonds is 12. The van der Waals surface area contributed by atoms with E-state index >= 15 is 0 Å².